The first kappa shape index (κ1) is 15.2. The zero-order valence-electron chi connectivity index (χ0n) is 11.8. The van der Waals surface area contributed by atoms with Gasteiger partial charge in [-0.15, -0.1) is 5.10 Å². The fourth-order valence-corrected chi connectivity index (χ4v) is 1.89. The molecule has 1 aromatic heterocycles. The Kier molecular flexibility index (Phi) is 4.37. The molecule has 0 radical (unpaired) electrons. The average Bonchev–Trinajstić information content (AvgIpc) is 2.81. The number of carbonyl (C=O) groups excluding carboxylic acids is 1. The van der Waals surface area contributed by atoms with Crippen LogP contribution >= 0.6 is 11.6 Å². The van der Waals surface area contributed by atoms with E-state index in [4.69, 9.17) is 11.6 Å². The van der Waals surface area contributed by atoms with Gasteiger partial charge in [0, 0.05) is 26.4 Å². The Balaban J connectivity index is 2.36. The highest BCUT2D eigenvalue weighted by Gasteiger charge is 2.16. The Bertz CT molecular complexity index is 709. The van der Waals surface area contributed by atoms with Gasteiger partial charge in [-0.2, -0.15) is 0 Å². The lowest BCUT2D eigenvalue weighted by molar-refractivity contribution is 0.104. The highest BCUT2D eigenvalue weighted by atomic mass is 35.5. The first-order valence-electron chi connectivity index (χ1n) is 6.17. The number of halogens is 2. The molecule has 2 rings (SSSR count). The molecule has 110 valence electrons. The van der Waals surface area contributed by atoms with Crippen LogP contribution in [0.4, 0.5) is 4.39 Å². The maximum atomic E-state index is 13.2. The summed E-state index contributed by atoms with van der Waals surface area (Å²) in [7, 11) is 3.63. The van der Waals surface area contributed by atoms with Crippen molar-refractivity contribution in [3.63, 3.8) is 0 Å². The maximum Gasteiger partial charge on any atom is 0.209 e. The molecule has 0 amide bonds. The van der Waals surface area contributed by atoms with Crippen LogP contribution in [0.2, 0.25) is 5.02 Å². The monoisotopic (exact) mass is 308 g/mol. The summed E-state index contributed by atoms with van der Waals surface area (Å²) >= 11 is 5.75. The van der Waals surface area contributed by atoms with Crippen LogP contribution in [0.3, 0.4) is 0 Å². The number of rotatable bonds is 4. The fraction of sp³-hybridized carbons (Fsp3) is 0.214. The van der Waals surface area contributed by atoms with Gasteiger partial charge in [0.1, 0.15) is 5.82 Å². The summed E-state index contributed by atoms with van der Waals surface area (Å²) in [5.74, 6) is -0.760. The SMILES string of the molecule is Cc1c(C(=O)C=CN(C)C)nnn1-c1ccc(F)c(Cl)c1. The van der Waals surface area contributed by atoms with Gasteiger partial charge in [-0.1, -0.05) is 16.8 Å². The number of aromatic nitrogens is 3. The number of hydrogen-bond donors (Lipinski definition) is 0. The molecule has 0 spiro atoms. The molecule has 0 atom stereocenters. The third-order valence-electron chi connectivity index (χ3n) is 2.80. The topological polar surface area (TPSA) is 51.0 Å². The number of allylic oxidation sites excluding steroid dienone is 1. The van der Waals surface area contributed by atoms with Crippen molar-refractivity contribution in [2.45, 2.75) is 6.92 Å². The third kappa shape index (κ3) is 3.28. The van der Waals surface area contributed by atoms with Gasteiger partial charge in [-0.05, 0) is 25.1 Å². The summed E-state index contributed by atoms with van der Waals surface area (Å²) in [5.41, 5.74) is 1.35. The predicted octanol–water partition coefficient (Wildman–Crippen LogP) is 2.63. The first-order chi connectivity index (χ1) is 9.90. The van der Waals surface area contributed by atoms with E-state index in [1.807, 2.05) is 14.1 Å². The van der Waals surface area contributed by atoms with Crippen LogP contribution in [0.5, 0.6) is 0 Å². The van der Waals surface area contributed by atoms with E-state index < -0.39 is 5.82 Å². The van der Waals surface area contributed by atoms with Crippen LogP contribution in [0.1, 0.15) is 16.2 Å². The van der Waals surface area contributed by atoms with Crippen LogP contribution < -0.4 is 0 Å². The Morgan fingerprint density at radius 2 is 2.14 bits per heavy atom. The van der Waals surface area contributed by atoms with Crippen molar-refractivity contribution in [1.82, 2.24) is 19.9 Å². The molecule has 0 aliphatic rings. The van der Waals surface area contributed by atoms with E-state index in [1.165, 1.54) is 29.0 Å². The standard InChI is InChI=1S/C14H14ClFN4O/c1-9-14(13(21)6-7-19(2)3)17-18-20(9)10-4-5-12(16)11(15)8-10/h4-8H,1-3H3. The molecule has 0 unspecified atom stereocenters. The van der Waals surface area contributed by atoms with Crippen molar-refractivity contribution >= 4 is 17.4 Å². The molecule has 0 saturated carbocycles. The fourth-order valence-electron chi connectivity index (χ4n) is 1.71. The van der Waals surface area contributed by atoms with Gasteiger partial charge in [-0.3, -0.25) is 4.79 Å². The molecule has 0 aliphatic carbocycles. The van der Waals surface area contributed by atoms with Crippen LogP contribution in [0.15, 0.2) is 30.5 Å². The molecule has 1 heterocycles. The highest BCUT2D eigenvalue weighted by Crippen LogP contribution is 2.20. The molecule has 0 fully saturated rings. The number of benzene rings is 1. The molecule has 2 aromatic rings. The van der Waals surface area contributed by atoms with E-state index in [-0.39, 0.29) is 16.5 Å². The lowest BCUT2D eigenvalue weighted by atomic mass is 10.2. The normalized spacial score (nSPS) is 11.1. The van der Waals surface area contributed by atoms with Crippen molar-refractivity contribution in [2.24, 2.45) is 0 Å². The Hall–Kier alpha value is -2.21. The second-order valence-electron chi connectivity index (χ2n) is 4.68. The van der Waals surface area contributed by atoms with Crippen LogP contribution in [-0.4, -0.2) is 39.8 Å². The molecule has 1 aromatic carbocycles. The molecule has 0 N–H and O–H groups in total. The molecule has 0 aliphatic heterocycles. The second-order valence-corrected chi connectivity index (χ2v) is 5.08. The van der Waals surface area contributed by atoms with Crippen LogP contribution in [-0.2, 0) is 0 Å². The summed E-state index contributed by atoms with van der Waals surface area (Å²) in [6.07, 6.45) is 3.05. The van der Waals surface area contributed by atoms with E-state index in [2.05, 4.69) is 10.3 Å². The lowest BCUT2D eigenvalue weighted by Crippen LogP contribution is -2.05. The summed E-state index contributed by atoms with van der Waals surface area (Å²) in [4.78, 5) is 13.8. The van der Waals surface area contributed by atoms with Gasteiger partial charge in [0.05, 0.1) is 16.4 Å². The van der Waals surface area contributed by atoms with Crippen molar-refractivity contribution < 1.29 is 9.18 Å². The lowest BCUT2D eigenvalue weighted by Gasteiger charge is -2.04. The highest BCUT2D eigenvalue weighted by molar-refractivity contribution is 6.30. The molecule has 21 heavy (non-hydrogen) atoms. The maximum absolute atomic E-state index is 13.2. The minimum absolute atomic E-state index is 0.0113. The summed E-state index contributed by atoms with van der Waals surface area (Å²) in [6, 6.07) is 4.20. The van der Waals surface area contributed by atoms with Crippen molar-refractivity contribution in [3.8, 4) is 5.69 Å². The molecular weight excluding hydrogens is 295 g/mol. The van der Waals surface area contributed by atoms with E-state index in [9.17, 15) is 9.18 Å². The van der Waals surface area contributed by atoms with Gasteiger partial charge >= 0.3 is 0 Å². The van der Waals surface area contributed by atoms with Crippen LogP contribution in [0, 0.1) is 12.7 Å². The second kappa shape index (κ2) is 6.05. The minimum Gasteiger partial charge on any atom is -0.383 e. The first-order valence-corrected chi connectivity index (χ1v) is 6.54. The summed E-state index contributed by atoms with van der Waals surface area (Å²) < 4.78 is 14.6. The van der Waals surface area contributed by atoms with Crippen LogP contribution in [0.25, 0.3) is 5.69 Å². The zero-order chi connectivity index (χ0) is 15.6. The largest absolute Gasteiger partial charge is 0.383 e. The molecular formula is C14H14ClFN4O. The summed E-state index contributed by atoms with van der Waals surface area (Å²) in [6.45, 7) is 1.72. The molecule has 5 nitrogen and oxygen atoms in total. The van der Waals surface area contributed by atoms with E-state index in [1.54, 1.807) is 18.0 Å². The van der Waals surface area contributed by atoms with E-state index >= 15 is 0 Å². The minimum atomic E-state index is -0.511. The third-order valence-corrected chi connectivity index (χ3v) is 3.09. The zero-order valence-corrected chi connectivity index (χ0v) is 12.6. The van der Waals surface area contributed by atoms with Crippen molar-refractivity contribution in [2.75, 3.05) is 14.1 Å². The van der Waals surface area contributed by atoms with Gasteiger partial charge in [-0.25, -0.2) is 9.07 Å². The van der Waals surface area contributed by atoms with E-state index in [0.717, 1.165) is 0 Å². The number of nitrogens with zero attached hydrogens (tertiary/aromatic N) is 4. The molecule has 0 saturated heterocycles. The Morgan fingerprint density at radius 1 is 1.43 bits per heavy atom. The van der Waals surface area contributed by atoms with Gasteiger partial charge in [0.2, 0.25) is 5.78 Å². The van der Waals surface area contributed by atoms with Gasteiger partial charge in [0.15, 0.2) is 5.69 Å². The smallest absolute Gasteiger partial charge is 0.209 e. The van der Waals surface area contributed by atoms with Crippen molar-refractivity contribution in [3.05, 3.63) is 52.7 Å². The van der Waals surface area contributed by atoms with Crippen molar-refractivity contribution in [1.29, 1.82) is 0 Å². The number of carbonyl (C=O) groups is 1. The average molecular weight is 309 g/mol. The van der Waals surface area contributed by atoms with Gasteiger partial charge < -0.3 is 4.90 Å². The number of hydrogen-bond acceptors (Lipinski definition) is 4. The quantitative estimate of drug-likeness (QED) is 0.643. The molecule has 7 heteroatoms. The van der Waals surface area contributed by atoms with Gasteiger partial charge in [0.25, 0.3) is 0 Å². The molecule has 0 bridgehead atoms. The van der Waals surface area contributed by atoms with E-state index in [0.29, 0.717) is 11.4 Å². The number of ketones is 1. The Labute approximate surface area is 126 Å². The predicted molar refractivity (Wildman–Crippen MR) is 78.2 cm³/mol. The Morgan fingerprint density at radius 3 is 2.76 bits per heavy atom. The summed E-state index contributed by atoms with van der Waals surface area (Å²) in [5, 5.41) is 7.79.